The van der Waals surface area contributed by atoms with Crippen LogP contribution in [0.5, 0.6) is 11.5 Å². The monoisotopic (exact) mass is 281 g/mol. The SMILES string of the molecule is CCNC(C)(COc1ccc(C)cc1OC)C(=O)OC. The molecule has 0 aliphatic rings. The van der Waals surface area contributed by atoms with Gasteiger partial charge >= 0.3 is 5.97 Å². The van der Waals surface area contributed by atoms with Gasteiger partial charge in [-0.05, 0) is 38.1 Å². The molecule has 0 saturated carbocycles. The number of hydrogen-bond acceptors (Lipinski definition) is 5. The van der Waals surface area contributed by atoms with E-state index in [-0.39, 0.29) is 12.6 Å². The van der Waals surface area contributed by atoms with E-state index in [0.717, 1.165) is 5.56 Å². The number of hydrogen-bond donors (Lipinski definition) is 1. The smallest absolute Gasteiger partial charge is 0.329 e. The predicted octanol–water partition coefficient (Wildman–Crippen LogP) is 1.92. The van der Waals surface area contributed by atoms with E-state index in [2.05, 4.69) is 5.32 Å². The van der Waals surface area contributed by atoms with Crippen molar-refractivity contribution in [3.63, 3.8) is 0 Å². The summed E-state index contributed by atoms with van der Waals surface area (Å²) in [5, 5.41) is 3.09. The average Bonchev–Trinajstić information content (AvgIpc) is 2.45. The van der Waals surface area contributed by atoms with Gasteiger partial charge in [-0.3, -0.25) is 5.32 Å². The predicted molar refractivity (Wildman–Crippen MR) is 77.3 cm³/mol. The first-order chi connectivity index (χ1) is 9.46. The second-order valence-electron chi connectivity index (χ2n) is 4.80. The van der Waals surface area contributed by atoms with Gasteiger partial charge in [0.1, 0.15) is 12.1 Å². The van der Waals surface area contributed by atoms with E-state index >= 15 is 0 Å². The zero-order valence-electron chi connectivity index (χ0n) is 12.8. The first-order valence-corrected chi connectivity index (χ1v) is 6.57. The summed E-state index contributed by atoms with van der Waals surface area (Å²) in [6.07, 6.45) is 0. The summed E-state index contributed by atoms with van der Waals surface area (Å²) in [5.41, 5.74) is 0.191. The maximum Gasteiger partial charge on any atom is 0.329 e. The van der Waals surface area contributed by atoms with E-state index in [0.29, 0.717) is 18.0 Å². The Balaban J connectivity index is 2.85. The van der Waals surface area contributed by atoms with E-state index in [1.807, 2.05) is 32.0 Å². The van der Waals surface area contributed by atoms with Crippen LogP contribution in [0.4, 0.5) is 0 Å². The maximum atomic E-state index is 11.9. The topological polar surface area (TPSA) is 56.8 Å². The van der Waals surface area contributed by atoms with Gasteiger partial charge in [-0.25, -0.2) is 4.79 Å². The Labute approximate surface area is 120 Å². The first kappa shape index (κ1) is 16.3. The number of benzene rings is 1. The molecular weight excluding hydrogens is 258 g/mol. The summed E-state index contributed by atoms with van der Waals surface area (Å²) in [4.78, 5) is 11.9. The standard InChI is InChI=1S/C15H23NO4/c1-6-16-15(3,14(17)19-5)10-20-12-8-7-11(2)9-13(12)18-4/h7-9,16H,6,10H2,1-5H3. The van der Waals surface area contributed by atoms with Crippen LogP contribution in [0.25, 0.3) is 0 Å². The molecule has 0 aromatic heterocycles. The summed E-state index contributed by atoms with van der Waals surface area (Å²) >= 11 is 0. The van der Waals surface area contributed by atoms with E-state index in [1.54, 1.807) is 14.0 Å². The molecule has 0 saturated heterocycles. The molecule has 0 spiro atoms. The Bertz CT molecular complexity index is 461. The number of esters is 1. The maximum absolute atomic E-state index is 11.9. The lowest BCUT2D eigenvalue weighted by Crippen LogP contribution is -2.54. The molecule has 0 aliphatic heterocycles. The van der Waals surface area contributed by atoms with Crippen LogP contribution < -0.4 is 14.8 Å². The summed E-state index contributed by atoms with van der Waals surface area (Å²) < 4.78 is 15.8. The van der Waals surface area contributed by atoms with Gasteiger partial charge in [0.05, 0.1) is 14.2 Å². The Morgan fingerprint density at radius 3 is 2.55 bits per heavy atom. The van der Waals surface area contributed by atoms with Gasteiger partial charge in [-0.1, -0.05) is 13.0 Å². The van der Waals surface area contributed by atoms with Crippen molar-refractivity contribution < 1.29 is 19.0 Å². The van der Waals surface area contributed by atoms with Crippen LogP contribution in [0.2, 0.25) is 0 Å². The van der Waals surface area contributed by atoms with Crippen LogP contribution in [0.1, 0.15) is 19.4 Å². The minimum Gasteiger partial charge on any atom is -0.493 e. The highest BCUT2D eigenvalue weighted by molar-refractivity contribution is 5.80. The van der Waals surface area contributed by atoms with Crippen molar-refractivity contribution in [2.45, 2.75) is 26.3 Å². The quantitative estimate of drug-likeness (QED) is 0.774. The summed E-state index contributed by atoms with van der Waals surface area (Å²) in [5.74, 6) is 0.894. The number of carbonyl (C=O) groups excluding carboxylic acids is 1. The Morgan fingerprint density at radius 2 is 2.00 bits per heavy atom. The largest absolute Gasteiger partial charge is 0.493 e. The van der Waals surface area contributed by atoms with Crippen molar-refractivity contribution >= 4 is 5.97 Å². The normalized spacial score (nSPS) is 13.4. The molecule has 0 amide bonds. The second-order valence-corrected chi connectivity index (χ2v) is 4.80. The molecule has 0 fully saturated rings. The third-order valence-corrected chi connectivity index (χ3v) is 3.04. The molecule has 1 unspecified atom stereocenters. The van der Waals surface area contributed by atoms with E-state index in [1.165, 1.54) is 7.11 Å². The van der Waals surface area contributed by atoms with Crippen LogP contribution in [-0.2, 0) is 9.53 Å². The van der Waals surface area contributed by atoms with Crippen molar-refractivity contribution in [2.24, 2.45) is 0 Å². The van der Waals surface area contributed by atoms with E-state index in [9.17, 15) is 4.79 Å². The van der Waals surface area contributed by atoms with Crippen LogP contribution in [0.3, 0.4) is 0 Å². The van der Waals surface area contributed by atoms with Gasteiger partial charge in [0.25, 0.3) is 0 Å². The van der Waals surface area contributed by atoms with E-state index < -0.39 is 5.54 Å². The molecule has 1 aromatic carbocycles. The highest BCUT2D eigenvalue weighted by Gasteiger charge is 2.34. The lowest BCUT2D eigenvalue weighted by Gasteiger charge is -2.27. The molecule has 0 bridgehead atoms. The molecule has 20 heavy (non-hydrogen) atoms. The van der Waals surface area contributed by atoms with Crippen LogP contribution >= 0.6 is 0 Å². The molecule has 1 aromatic rings. The molecule has 0 aliphatic carbocycles. The summed E-state index contributed by atoms with van der Waals surface area (Å²) in [6.45, 7) is 6.45. The number of ether oxygens (including phenoxy) is 3. The van der Waals surface area contributed by atoms with Gasteiger partial charge in [-0.15, -0.1) is 0 Å². The highest BCUT2D eigenvalue weighted by atomic mass is 16.5. The molecule has 0 heterocycles. The molecule has 1 atom stereocenters. The molecule has 5 nitrogen and oxygen atoms in total. The third kappa shape index (κ3) is 3.87. The minimum absolute atomic E-state index is 0.160. The van der Waals surface area contributed by atoms with Crippen LogP contribution in [0.15, 0.2) is 18.2 Å². The van der Waals surface area contributed by atoms with Gasteiger partial charge in [-0.2, -0.15) is 0 Å². The van der Waals surface area contributed by atoms with Crippen molar-refractivity contribution in [3.05, 3.63) is 23.8 Å². The zero-order chi connectivity index (χ0) is 15.2. The molecule has 1 rings (SSSR count). The number of rotatable bonds is 7. The molecular formula is C15H23NO4. The van der Waals surface area contributed by atoms with Crippen LogP contribution in [0, 0.1) is 6.92 Å². The average molecular weight is 281 g/mol. The Hall–Kier alpha value is -1.75. The van der Waals surface area contributed by atoms with Crippen molar-refractivity contribution in [2.75, 3.05) is 27.4 Å². The summed E-state index contributed by atoms with van der Waals surface area (Å²) in [6, 6.07) is 5.65. The lowest BCUT2D eigenvalue weighted by atomic mass is 10.0. The lowest BCUT2D eigenvalue weighted by molar-refractivity contribution is -0.149. The van der Waals surface area contributed by atoms with Crippen molar-refractivity contribution in [1.82, 2.24) is 5.32 Å². The van der Waals surface area contributed by atoms with E-state index in [4.69, 9.17) is 14.2 Å². The number of methoxy groups -OCH3 is 2. The second kappa shape index (κ2) is 7.14. The van der Waals surface area contributed by atoms with Gasteiger partial charge in [0.2, 0.25) is 0 Å². The number of nitrogens with one attached hydrogen (secondary N) is 1. The fourth-order valence-corrected chi connectivity index (χ4v) is 1.91. The first-order valence-electron chi connectivity index (χ1n) is 6.57. The van der Waals surface area contributed by atoms with Crippen LogP contribution in [-0.4, -0.2) is 38.9 Å². The Kier molecular flexibility index (Phi) is 5.82. The van der Waals surface area contributed by atoms with Gasteiger partial charge in [0.15, 0.2) is 11.5 Å². The highest BCUT2D eigenvalue weighted by Crippen LogP contribution is 2.28. The summed E-state index contributed by atoms with van der Waals surface area (Å²) in [7, 11) is 2.95. The molecule has 5 heteroatoms. The molecule has 112 valence electrons. The zero-order valence-corrected chi connectivity index (χ0v) is 12.8. The van der Waals surface area contributed by atoms with Crippen molar-refractivity contribution in [1.29, 1.82) is 0 Å². The molecule has 0 radical (unpaired) electrons. The third-order valence-electron chi connectivity index (χ3n) is 3.04. The van der Waals surface area contributed by atoms with Gasteiger partial charge < -0.3 is 14.2 Å². The van der Waals surface area contributed by atoms with Gasteiger partial charge in [0, 0.05) is 0 Å². The minimum atomic E-state index is -0.889. The number of carbonyl (C=O) groups is 1. The van der Waals surface area contributed by atoms with Crippen molar-refractivity contribution in [3.8, 4) is 11.5 Å². The Morgan fingerprint density at radius 1 is 1.30 bits per heavy atom. The number of aryl methyl sites for hydroxylation is 1. The number of likely N-dealkylation sites (N-methyl/N-ethyl adjacent to an activating group) is 1. The fourth-order valence-electron chi connectivity index (χ4n) is 1.91. The molecule has 1 N–H and O–H groups in total. The fraction of sp³-hybridized carbons (Fsp3) is 0.533.